The number of likely N-dealkylation sites (tertiary alicyclic amines) is 2. The smallest absolute Gasteiger partial charge is 0.257 e. The number of carbonyl (C=O) groups is 1. The quantitative estimate of drug-likeness (QED) is 0.741. The van der Waals surface area contributed by atoms with Gasteiger partial charge in [-0.1, -0.05) is 24.3 Å². The van der Waals surface area contributed by atoms with Crippen LogP contribution in [0.15, 0.2) is 48.5 Å². The van der Waals surface area contributed by atoms with Crippen molar-refractivity contribution in [1.29, 1.82) is 0 Å². The Labute approximate surface area is 179 Å². The van der Waals surface area contributed by atoms with Gasteiger partial charge in [0.2, 0.25) is 0 Å². The molecule has 29 heavy (non-hydrogen) atoms. The highest BCUT2D eigenvalue weighted by Gasteiger charge is 2.47. The van der Waals surface area contributed by atoms with Crippen LogP contribution in [0.4, 0.5) is 0 Å². The zero-order valence-electron chi connectivity index (χ0n) is 17.2. The largest absolute Gasteiger partial charge is 0.497 e. The minimum Gasteiger partial charge on any atom is -0.497 e. The molecule has 2 heterocycles. The molecular weight excluding hydrogens is 388 g/mol. The average Bonchev–Trinajstić information content (AvgIpc) is 3.25. The third-order valence-corrected chi connectivity index (χ3v) is 6.06. The molecule has 2 aromatic carbocycles. The van der Waals surface area contributed by atoms with E-state index in [0.29, 0.717) is 35.8 Å². The van der Waals surface area contributed by atoms with E-state index in [1.165, 1.54) is 5.56 Å². The predicted molar refractivity (Wildman–Crippen MR) is 116 cm³/mol. The van der Waals surface area contributed by atoms with E-state index in [9.17, 15) is 4.79 Å². The highest BCUT2D eigenvalue weighted by molar-refractivity contribution is 5.97. The fourth-order valence-electron chi connectivity index (χ4n) is 4.82. The summed E-state index contributed by atoms with van der Waals surface area (Å²) in [4.78, 5) is 17.6. The maximum absolute atomic E-state index is 13.2. The number of fused-ring (bicyclic) bond motifs is 1. The van der Waals surface area contributed by atoms with Gasteiger partial charge in [-0.25, -0.2) is 0 Å². The first kappa shape index (κ1) is 21.5. The van der Waals surface area contributed by atoms with Gasteiger partial charge >= 0.3 is 0 Å². The number of methoxy groups -OCH3 is 1. The van der Waals surface area contributed by atoms with Crippen molar-refractivity contribution in [2.24, 2.45) is 11.8 Å². The Bertz CT molecular complexity index is 842. The molecule has 3 atom stereocenters. The summed E-state index contributed by atoms with van der Waals surface area (Å²) in [6.45, 7) is 5.10. The first-order valence-electron chi connectivity index (χ1n) is 9.97. The van der Waals surface area contributed by atoms with Crippen molar-refractivity contribution in [3.63, 3.8) is 0 Å². The molecule has 0 aromatic heterocycles. The Morgan fingerprint density at radius 3 is 2.48 bits per heavy atom. The van der Waals surface area contributed by atoms with Gasteiger partial charge in [0.1, 0.15) is 11.5 Å². The molecule has 0 radical (unpaired) electrons. The molecule has 2 aromatic rings. The molecule has 2 aliphatic rings. The number of hydrogen-bond acceptors (Lipinski definition) is 4. The Kier molecular flexibility index (Phi) is 6.70. The number of ether oxygens (including phenoxy) is 2. The molecule has 0 spiro atoms. The zero-order chi connectivity index (χ0) is 19.7. The maximum atomic E-state index is 13.2. The second-order valence-corrected chi connectivity index (χ2v) is 7.72. The monoisotopic (exact) mass is 416 g/mol. The molecule has 2 fully saturated rings. The first-order chi connectivity index (χ1) is 13.6. The summed E-state index contributed by atoms with van der Waals surface area (Å²) >= 11 is 0. The molecule has 1 amide bonds. The standard InChI is InChI=1S/C23H28N2O3.ClH/c1-4-28-21-8-6-5-7-19(21)23(26)25-14-17-13-24(2)22(20(17)15-25)16-9-11-18(27-3)12-10-16;/h5-12,17,20,22H,4,13-15H2,1-3H3;1H/t17-,20+,22-;/m0./s1. The molecular formula is C23H29ClN2O3. The SMILES string of the molecule is CCOc1ccccc1C(=O)N1C[C@@H]2CN(C)[C@@H](c3ccc(OC)cc3)[C@@H]2C1.Cl. The van der Waals surface area contributed by atoms with E-state index in [0.717, 1.165) is 25.4 Å². The number of rotatable bonds is 5. The summed E-state index contributed by atoms with van der Waals surface area (Å²) in [5.74, 6) is 2.57. The van der Waals surface area contributed by atoms with Crippen molar-refractivity contribution in [3.8, 4) is 11.5 Å². The van der Waals surface area contributed by atoms with E-state index >= 15 is 0 Å². The lowest BCUT2D eigenvalue weighted by Crippen LogP contribution is -2.33. The third-order valence-electron chi connectivity index (χ3n) is 6.06. The number of hydrogen-bond donors (Lipinski definition) is 0. The normalized spacial score (nSPS) is 23.4. The topological polar surface area (TPSA) is 42.0 Å². The zero-order valence-corrected chi connectivity index (χ0v) is 18.0. The Morgan fingerprint density at radius 2 is 1.79 bits per heavy atom. The van der Waals surface area contributed by atoms with Gasteiger partial charge in [-0.3, -0.25) is 9.69 Å². The van der Waals surface area contributed by atoms with E-state index in [1.807, 2.05) is 48.2 Å². The van der Waals surface area contributed by atoms with Crippen LogP contribution in [0.1, 0.15) is 28.9 Å². The highest BCUT2D eigenvalue weighted by Crippen LogP contribution is 2.44. The predicted octanol–water partition coefficient (Wildman–Crippen LogP) is 3.89. The molecule has 0 saturated carbocycles. The molecule has 5 nitrogen and oxygen atoms in total. The van der Waals surface area contributed by atoms with E-state index in [4.69, 9.17) is 9.47 Å². The maximum Gasteiger partial charge on any atom is 0.257 e. The van der Waals surface area contributed by atoms with Crippen LogP contribution < -0.4 is 9.47 Å². The van der Waals surface area contributed by atoms with Gasteiger partial charge in [-0.05, 0) is 49.7 Å². The summed E-state index contributed by atoms with van der Waals surface area (Å²) in [5.41, 5.74) is 1.96. The second-order valence-electron chi connectivity index (χ2n) is 7.72. The van der Waals surface area contributed by atoms with Crippen LogP contribution in [-0.4, -0.2) is 56.1 Å². The fraction of sp³-hybridized carbons (Fsp3) is 0.435. The lowest BCUT2D eigenvalue weighted by atomic mass is 9.89. The van der Waals surface area contributed by atoms with Gasteiger partial charge < -0.3 is 14.4 Å². The van der Waals surface area contributed by atoms with Gasteiger partial charge in [0.05, 0.1) is 19.3 Å². The van der Waals surface area contributed by atoms with Crippen molar-refractivity contribution < 1.29 is 14.3 Å². The molecule has 156 valence electrons. The minimum absolute atomic E-state index is 0. The van der Waals surface area contributed by atoms with E-state index < -0.39 is 0 Å². The lowest BCUT2D eigenvalue weighted by Gasteiger charge is -2.27. The van der Waals surface area contributed by atoms with Crippen molar-refractivity contribution >= 4 is 18.3 Å². The number of carbonyl (C=O) groups excluding carboxylic acids is 1. The molecule has 0 N–H and O–H groups in total. The van der Waals surface area contributed by atoms with Crippen LogP contribution >= 0.6 is 12.4 Å². The average molecular weight is 417 g/mol. The van der Waals surface area contributed by atoms with Crippen LogP contribution in [0.3, 0.4) is 0 Å². The number of amides is 1. The molecule has 0 unspecified atom stereocenters. The fourth-order valence-corrected chi connectivity index (χ4v) is 4.82. The number of halogens is 1. The summed E-state index contributed by atoms with van der Waals surface area (Å²) in [5, 5.41) is 0. The minimum atomic E-state index is 0. The van der Waals surface area contributed by atoms with Crippen LogP contribution in [-0.2, 0) is 0 Å². The van der Waals surface area contributed by atoms with E-state index in [1.54, 1.807) is 7.11 Å². The summed E-state index contributed by atoms with van der Waals surface area (Å²) in [6, 6.07) is 16.2. The Balaban J connectivity index is 0.00000240. The van der Waals surface area contributed by atoms with Crippen LogP contribution in [0.2, 0.25) is 0 Å². The highest BCUT2D eigenvalue weighted by atomic mass is 35.5. The third kappa shape index (κ3) is 4.07. The van der Waals surface area contributed by atoms with Gasteiger partial charge in [-0.2, -0.15) is 0 Å². The van der Waals surface area contributed by atoms with Gasteiger partial charge in [0, 0.05) is 31.6 Å². The summed E-state index contributed by atoms with van der Waals surface area (Å²) in [6.07, 6.45) is 0. The van der Waals surface area contributed by atoms with Crippen LogP contribution in [0.5, 0.6) is 11.5 Å². The molecule has 0 bridgehead atoms. The van der Waals surface area contributed by atoms with Gasteiger partial charge in [-0.15, -0.1) is 12.4 Å². The van der Waals surface area contributed by atoms with Gasteiger partial charge in [0.15, 0.2) is 0 Å². The summed E-state index contributed by atoms with van der Waals surface area (Å²) in [7, 11) is 3.87. The van der Waals surface area contributed by atoms with E-state index in [2.05, 4.69) is 24.1 Å². The van der Waals surface area contributed by atoms with Crippen LogP contribution in [0, 0.1) is 11.8 Å². The molecule has 2 saturated heterocycles. The van der Waals surface area contributed by atoms with E-state index in [-0.39, 0.29) is 18.3 Å². The lowest BCUT2D eigenvalue weighted by molar-refractivity contribution is 0.0763. The van der Waals surface area contributed by atoms with Crippen LogP contribution in [0.25, 0.3) is 0 Å². The Hall–Kier alpha value is -2.24. The summed E-state index contributed by atoms with van der Waals surface area (Å²) < 4.78 is 11.0. The molecule has 4 rings (SSSR count). The number of para-hydroxylation sites is 1. The molecule has 6 heteroatoms. The molecule has 2 aliphatic heterocycles. The second kappa shape index (κ2) is 9.06. The Morgan fingerprint density at radius 1 is 1.07 bits per heavy atom. The van der Waals surface area contributed by atoms with Crippen molar-refractivity contribution in [1.82, 2.24) is 9.80 Å². The van der Waals surface area contributed by atoms with Crippen molar-refractivity contribution in [2.45, 2.75) is 13.0 Å². The number of benzene rings is 2. The number of nitrogens with zero attached hydrogens (tertiary/aromatic N) is 2. The van der Waals surface area contributed by atoms with Crippen molar-refractivity contribution in [3.05, 3.63) is 59.7 Å². The van der Waals surface area contributed by atoms with Gasteiger partial charge in [0.25, 0.3) is 5.91 Å². The van der Waals surface area contributed by atoms with Crippen molar-refractivity contribution in [2.75, 3.05) is 40.4 Å². The molecule has 0 aliphatic carbocycles. The first-order valence-corrected chi connectivity index (χ1v) is 9.97.